The van der Waals surface area contributed by atoms with Crippen molar-refractivity contribution in [3.8, 4) is 0 Å². The van der Waals surface area contributed by atoms with Crippen molar-refractivity contribution in [1.82, 2.24) is 15.3 Å². The molecule has 0 saturated carbocycles. The monoisotopic (exact) mass is 369 g/mol. The fraction of sp³-hybridized carbons (Fsp3) is 0.368. The zero-order valence-corrected chi connectivity index (χ0v) is 15.2. The van der Waals surface area contributed by atoms with Crippen LogP contribution in [-0.2, 0) is 4.74 Å². The summed E-state index contributed by atoms with van der Waals surface area (Å²) in [4.78, 5) is 34.5. The second kappa shape index (κ2) is 8.98. The maximum absolute atomic E-state index is 12.3. The summed E-state index contributed by atoms with van der Waals surface area (Å²) in [6, 6.07) is 6.37. The number of hydrogen-bond acceptors (Lipinski definition) is 6. The van der Waals surface area contributed by atoms with Gasteiger partial charge >= 0.3 is 12.0 Å². The van der Waals surface area contributed by atoms with Crippen molar-refractivity contribution in [1.29, 1.82) is 0 Å². The van der Waals surface area contributed by atoms with Gasteiger partial charge < -0.3 is 20.3 Å². The number of carbonyl (C=O) groups is 2. The number of urea groups is 1. The predicted octanol–water partition coefficient (Wildman–Crippen LogP) is 2.44. The van der Waals surface area contributed by atoms with E-state index in [0.717, 1.165) is 25.2 Å². The molecule has 2 amide bonds. The van der Waals surface area contributed by atoms with Crippen LogP contribution < -0.4 is 15.5 Å². The molecule has 1 aromatic heterocycles. The number of aromatic nitrogens is 2. The fourth-order valence-corrected chi connectivity index (χ4v) is 3.01. The second-order valence-corrected chi connectivity index (χ2v) is 6.25. The van der Waals surface area contributed by atoms with E-state index >= 15 is 0 Å². The molecule has 2 N–H and O–H groups in total. The van der Waals surface area contributed by atoms with Gasteiger partial charge in [0.25, 0.3) is 0 Å². The van der Waals surface area contributed by atoms with Crippen LogP contribution in [0, 0.1) is 0 Å². The summed E-state index contributed by atoms with van der Waals surface area (Å²) in [5.41, 5.74) is 1.07. The molecule has 1 aliphatic heterocycles. The SMILES string of the molecule is CCOC(=O)c1ccc(NC(=O)NC2CCCN(c3cnccn3)C2)cc1. The smallest absolute Gasteiger partial charge is 0.338 e. The standard InChI is InChI=1S/C19H23N5O3/c1-2-27-18(25)14-5-7-15(8-6-14)22-19(26)23-16-4-3-11-24(13-16)17-12-20-9-10-21-17/h5-10,12,16H,2-4,11,13H2,1H3,(H2,22,23,26). The van der Waals surface area contributed by atoms with Gasteiger partial charge in [0.05, 0.1) is 18.4 Å². The van der Waals surface area contributed by atoms with Crippen LogP contribution in [0.3, 0.4) is 0 Å². The maximum Gasteiger partial charge on any atom is 0.338 e. The lowest BCUT2D eigenvalue weighted by Gasteiger charge is -2.33. The van der Waals surface area contributed by atoms with Gasteiger partial charge in [-0.3, -0.25) is 4.98 Å². The topological polar surface area (TPSA) is 96.4 Å². The van der Waals surface area contributed by atoms with Crippen LogP contribution >= 0.6 is 0 Å². The lowest BCUT2D eigenvalue weighted by atomic mass is 10.1. The Balaban J connectivity index is 1.52. The molecule has 0 spiro atoms. The van der Waals surface area contributed by atoms with Crippen molar-refractivity contribution in [2.45, 2.75) is 25.8 Å². The van der Waals surface area contributed by atoms with E-state index in [1.54, 1.807) is 49.8 Å². The van der Waals surface area contributed by atoms with E-state index in [1.807, 2.05) is 0 Å². The number of hydrogen-bond donors (Lipinski definition) is 2. The van der Waals surface area contributed by atoms with Crippen molar-refractivity contribution < 1.29 is 14.3 Å². The van der Waals surface area contributed by atoms with Gasteiger partial charge in [0.1, 0.15) is 5.82 Å². The number of piperidine rings is 1. The van der Waals surface area contributed by atoms with Crippen LogP contribution in [-0.4, -0.2) is 47.7 Å². The van der Waals surface area contributed by atoms with Gasteiger partial charge in [-0.2, -0.15) is 0 Å². The molecule has 1 atom stereocenters. The summed E-state index contributed by atoms with van der Waals surface area (Å²) in [5.74, 6) is 0.443. The highest BCUT2D eigenvalue weighted by Crippen LogP contribution is 2.17. The van der Waals surface area contributed by atoms with Gasteiger partial charge in [-0.1, -0.05) is 0 Å². The zero-order valence-electron chi connectivity index (χ0n) is 15.2. The second-order valence-electron chi connectivity index (χ2n) is 6.25. The Labute approximate surface area is 158 Å². The molecule has 2 heterocycles. The molecule has 27 heavy (non-hydrogen) atoms. The number of esters is 1. The van der Waals surface area contributed by atoms with Crippen LogP contribution in [0.4, 0.5) is 16.3 Å². The van der Waals surface area contributed by atoms with E-state index in [0.29, 0.717) is 24.4 Å². The lowest BCUT2D eigenvalue weighted by Crippen LogP contribution is -2.49. The highest BCUT2D eigenvalue weighted by Gasteiger charge is 2.22. The predicted molar refractivity (Wildman–Crippen MR) is 102 cm³/mol. The minimum atomic E-state index is -0.375. The average molecular weight is 369 g/mol. The van der Waals surface area contributed by atoms with Crippen molar-refractivity contribution >= 4 is 23.5 Å². The minimum Gasteiger partial charge on any atom is -0.462 e. The molecule has 3 rings (SSSR count). The minimum absolute atomic E-state index is 0.0274. The summed E-state index contributed by atoms with van der Waals surface area (Å²) in [6.07, 6.45) is 6.91. The van der Waals surface area contributed by atoms with Crippen LogP contribution in [0.2, 0.25) is 0 Å². The summed E-state index contributed by atoms with van der Waals surface area (Å²) >= 11 is 0. The Kier molecular flexibility index (Phi) is 6.19. The van der Waals surface area contributed by atoms with Crippen molar-refractivity contribution in [2.24, 2.45) is 0 Å². The van der Waals surface area contributed by atoms with Gasteiger partial charge in [0.15, 0.2) is 0 Å². The third-order valence-electron chi connectivity index (χ3n) is 4.28. The fourth-order valence-electron chi connectivity index (χ4n) is 3.01. The third-order valence-corrected chi connectivity index (χ3v) is 4.28. The Hall–Kier alpha value is -3.16. The molecule has 0 radical (unpaired) electrons. The number of carbonyl (C=O) groups excluding carboxylic acids is 2. The summed E-state index contributed by atoms with van der Waals surface area (Å²) in [5, 5.41) is 5.79. The van der Waals surface area contributed by atoms with E-state index in [1.165, 1.54) is 0 Å². The lowest BCUT2D eigenvalue weighted by molar-refractivity contribution is 0.0526. The summed E-state index contributed by atoms with van der Waals surface area (Å²) in [7, 11) is 0. The molecular weight excluding hydrogens is 346 g/mol. The Morgan fingerprint density at radius 2 is 2.07 bits per heavy atom. The maximum atomic E-state index is 12.3. The third kappa shape index (κ3) is 5.16. The van der Waals surface area contributed by atoms with Crippen LogP contribution in [0.15, 0.2) is 42.9 Å². The molecule has 1 saturated heterocycles. The highest BCUT2D eigenvalue weighted by atomic mass is 16.5. The Morgan fingerprint density at radius 3 is 2.78 bits per heavy atom. The molecule has 1 unspecified atom stereocenters. The molecule has 8 nitrogen and oxygen atoms in total. The van der Waals surface area contributed by atoms with Gasteiger partial charge in [-0.15, -0.1) is 0 Å². The molecule has 1 aliphatic rings. The molecule has 0 aliphatic carbocycles. The molecule has 1 fully saturated rings. The van der Waals surface area contributed by atoms with E-state index in [4.69, 9.17) is 4.74 Å². The van der Waals surface area contributed by atoms with Gasteiger partial charge in [0, 0.05) is 37.2 Å². The van der Waals surface area contributed by atoms with Gasteiger partial charge in [0.2, 0.25) is 0 Å². The Bertz CT molecular complexity index is 767. The number of amides is 2. The van der Waals surface area contributed by atoms with Crippen molar-refractivity contribution in [3.63, 3.8) is 0 Å². The number of ether oxygens (including phenoxy) is 1. The number of anilines is 2. The molecule has 142 valence electrons. The average Bonchev–Trinajstić information content (AvgIpc) is 2.69. The largest absolute Gasteiger partial charge is 0.462 e. The zero-order chi connectivity index (χ0) is 19.1. The number of nitrogens with one attached hydrogen (secondary N) is 2. The first-order valence-corrected chi connectivity index (χ1v) is 9.01. The van der Waals surface area contributed by atoms with E-state index in [-0.39, 0.29) is 18.0 Å². The summed E-state index contributed by atoms with van der Waals surface area (Å²) in [6.45, 7) is 3.67. The molecule has 1 aromatic carbocycles. The molecular formula is C19H23N5O3. The molecule has 0 bridgehead atoms. The number of benzene rings is 1. The van der Waals surface area contributed by atoms with E-state index in [9.17, 15) is 9.59 Å². The first kappa shape index (κ1) is 18.6. The quantitative estimate of drug-likeness (QED) is 0.786. The Morgan fingerprint density at radius 1 is 1.26 bits per heavy atom. The van der Waals surface area contributed by atoms with E-state index in [2.05, 4.69) is 25.5 Å². The molecule has 2 aromatic rings. The van der Waals surface area contributed by atoms with Crippen LogP contribution in [0.5, 0.6) is 0 Å². The molecule has 8 heteroatoms. The van der Waals surface area contributed by atoms with Gasteiger partial charge in [-0.25, -0.2) is 14.6 Å². The first-order valence-electron chi connectivity index (χ1n) is 9.01. The number of rotatable bonds is 5. The normalized spacial score (nSPS) is 16.5. The van der Waals surface area contributed by atoms with E-state index < -0.39 is 0 Å². The van der Waals surface area contributed by atoms with Crippen LogP contribution in [0.25, 0.3) is 0 Å². The highest BCUT2D eigenvalue weighted by molar-refractivity contribution is 5.92. The van der Waals surface area contributed by atoms with Crippen molar-refractivity contribution in [3.05, 3.63) is 48.4 Å². The summed E-state index contributed by atoms with van der Waals surface area (Å²) < 4.78 is 4.94. The first-order chi connectivity index (χ1) is 13.2. The van der Waals surface area contributed by atoms with Crippen molar-refractivity contribution in [2.75, 3.05) is 29.9 Å². The number of nitrogens with zero attached hydrogens (tertiary/aromatic N) is 3. The van der Waals surface area contributed by atoms with Gasteiger partial charge in [-0.05, 0) is 44.0 Å². The van der Waals surface area contributed by atoms with Crippen LogP contribution in [0.1, 0.15) is 30.1 Å².